The van der Waals surface area contributed by atoms with Gasteiger partial charge in [-0.05, 0) is 37.9 Å². The molecule has 0 atom stereocenters. The van der Waals surface area contributed by atoms with Crippen LogP contribution in [0.4, 0.5) is 0 Å². The Kier molecular flexibility index (Phi) is 7.65. The Bertz CT molecular complexity index is 339. The van der Waals surface area contributed by atoms with Gasteiger partial charge >= 0.3 is 0 Å². The summed E-state index contributed by atoms with van der Waals surface area (Å²) in [5, 5.41) is 6.77. The van der Waals surface area contributed by atoms with Gasteiger partial charge in [0, 0.05) is 26.7 Å². The van der Waals surface area contributed by atoms with Crippen molar-refractivity contribution >= 4 is 0 Å². The number of ether oxygens (including phenoxy) is 1. The van der Waals surface area contributed by atoms with Gasteiger partial charge in [-0.15, -0.1) is 0 Å². The van der Waals surface area contributed by atoms with Crippen LogP contribution in [0.1, 0.15) is 16.7 Å². The zero-order valence-electron chi connectivity index (χ0n) is 11.9. The van der Waals surface area contributed by atoms with Crippen LogP contribution in [0.15, 0.2) is 18.2 Å². The molecule has 0 aliphatic heterocycles. The second-order valence-electron chi connectivity index (χ2n) is 4.67. The third kappa shape index (κ3) is 6.15. The van der Waals surface area contributed by atoms with Crippen molar-refractivity contribution in [3.05, 3.63) is 34.9 Å². The average Bonchev–Trinajstić information content (AvgIpc) is 2.36. The zero-order valence-corrected chi connectivity index (χ0v) is 11.9. The Hall–Kier alpha value is -0.900. The molecule has 0 saturated carbocycles. The molecule has 0 spiro atoms. The minimum atomic E-state index is 0.780. The highest BCUT2D eigenvalue weighted by Crippen LogP contribution is 2.10. The summed E-state index contributed by atoms with van der Waals surface area (Å²) in [7, 11) is 1.73. The van der Waals surface area contributed by atoms with Crippen LogP contribution < -0.4 is 10.6 Å². The van der Waals surface area contributed by atoms with Crippen LogP contribution in [0, 0.1) is 13.8 Å². The van der Waals surface area contributed by atoms with E-state index in [1.54, 1.807) is 7.11 Å². The van der Waals surface area contributed by atoms with E-state index in [-0.39, 0.29) is 0 Å². The van der Waals surface area contributed by atoms with Crippen molar-refractivity contribution in [1.29, 1.82) is 0 Å². The molecule has 0 unspecified atom stereocenters. The lowest BCUT2D eigenvalue weighted by atomic mass is 10.0. The zero-order chi connectivity index (χ0) is 13.2. The molecule has 0 radical (unpaired) electrons. The van der Waals surface area contributed by atoms with E-state index in [0.717, 1.165) is 39.2 Å². The van der Waals surface area contributed by atoms with Gasteiger partial charge in [0.2, 0.25) is 0 Å². The van der Waals surface area contributed by atoms with Gasteiger partial charge in [-0.25, -0.2) is 0 Å². The van der Waals surface area contributed by atoms with Gasteiger partial charge in [0.05, 0.1) is 6.61 Å². The lowest BCUT2D eigenvalue weighted by Gasteiger charge is -2.09. The molecule has 0 bridgehead atoms. The summed E-state index contributed by atoms with van der Waals surface area (Å²) in [6.07, 6.45) is 1.10. The highest BCUT2D eigenvalue weighted by molar-refractivity contribution is 5.30. The maximum atomic E-state index is 4.97. The van der Waals surface area contributed by atoms with Gasteiger partial charge in [0.25, 0.3) is 0 Å². The van der Waals surface area contributed by atoms with E-state index in [1.165, 1.54) is 16.7 Å². The van der Waals surface area contributed by atoms with Gasteiger partial charge < -0.3 is 15.4 Å². The minimum absolute atomic E-state index is 0.780. The van der Waals surface area contributed by atoms with Crippen LogP contribution >= 0.6 is 0 Å². The Morgan fingerprint density at radius 2 is 1.72 bits per heavy atom. The van der Waals surface area contributed by atoms with Crippen molar-refractivity contribution in [2.45, 2.75) is 20.3 Å². The second kappa shape index (κ2) is 9.09. The summed E-state index contributed by atoms with van der Waals surface area (Å²) in [4.78, 5) is 0. The predicted octanol–water partition coefficient (Wildman–Crippen LogP) is 1.67. The third-order valence-corrected chi connectivity index (χ3v) is 3.04. The topological polar surface area (TPSA) is 33.3 Å². The molecule has 0 heterocycles. The summed E-state index contributed by atoms with van der Waals surface area (Å²) in [6, 6.07) is 6.66. The second-order valence-corrected chi connectivity index (χ2v) is 4.67. The van der Waals surface area contributed by atoms with Gasteiger partial charge in [-0.2, -0.15) is 0 Å². The van der Waals surface area contributed by atoms with E-state index in [2.05, 4.69) is 42.7 Å². The smallest absolute Gasteiger partial charge is 0.0587 e. The monoisotopic (exact) mass is 250 g/mol. The molecule has 1 rings (SSSR count). The fraction of sp³-hybridized carbons (Fsp3) is 0.600. The van der Waals surface area contributed by atoms with Gasteiger partial charge in [0.1, 0.15) is 0 Å². The highest BCUT2D eigenvalue weighted by atomic mass is 16.5. The van der Waals surface area contributed by atoms with Crippen molar-refractivity contribution in [3.8, 4) is 0 Å². The van der Waals surface area contributed by atoms with E-state index >= 15 is 0 Å². The lowest BCUT2D eigenvalue weighted by Crippen LogP contribution is -2.30. The first-order valence-corrected chi connectivity index (χ1v) is 6.70. The molecule has 0 amide bonds. The van der Waals surface area contributed by atoms with Gasteiger partial charge in [-0.3, -0.25) is 0 Å². The number of rotatable bonds is 9. The van der Waals surface area contributed by atoms with Crippen molar-refractivity contribution in [1.82, 2.24) is 10.6 Å². The Morgan fingerprint density at radius 3 is 2.44 bits per heavy atom. The normalized spacial score (nSPS) is 10.8. The van der Waals surface area contributed by atoms with Crippen molar-refractivity contribution in [3.63, 3.8) is 0 Å². The van der Waals surface area contributed by atoms with Crippen LogP contribution in [-0.2, 0) is 11.2 Å². The SMILES string of the molecule is COCCNCCNCCc1cc(C)ccc1C. The first-order valence-electron chi connectivity index (χ1n) is 6.70. The van der Waals surface area contributed by atoms with E-state index in [0.29, 0.717) is 0 Å². The third-order valence-electron chi connectivity index (χ3n) is 3.04. The van der Waals surface area contributed by atoms with E-state index < -0.39 is 0 Å². The first kappa shape index (κ1) is 15.2. The minimum Gasteiger partial charge on any atom is -0.383 e. The van der Waals surface area contributed by atoms with Crippen molar-refractivity contribution < 1.29 is 4.74 Å². The fourth-order valence-electron chi connectivity index (χ4n) is 1.89. The highest BCUT2D eigenvalue weighted by Gasteiger charge is 1.98. The molecule has 1 aromatic rings. The molecule has 102 valence electrons. The molecule has 0 aliphatic rings. The molecule has 1 aromatic carbocycles. The van der Waals surface area contributed by atoms with Gasteiger partial charge in [-0.1, -0.05) is 23.8 Å². The lowest BCUT2D eigenvalue weighted by molar-refractivity contribution is 0.199. The molecule has 0 fully saturated rings. The van der Waals surface area contributed by atoms with Crippen LogP contribution in [0.25, 0.3) is 0 Å². The molecule has 0 aromatic heterocycles. The summed E-state index contributed by atoms with van der Waals surface area (Å²) < 4.78 is 4.97. The number of nitrogens with one attached hydrogen (secondary N) is 2. The van der Waals surface area contributed by atoms with Gasteiger partial charge in [0.15, 0.2) is 0 Å². The first-order chi connectivity index (χ1) is 8.74. The number of benzene rings is 1. The van der Waals surface area contributed by atoms with E-state index in [1.807, 2.05) is 0 Å². The van der Waals surface area contributed by atoms with Crippen LogP contribution in [0.3, 0.4) is 0 Å². The molecule has 0 aliphatic carbocycles. The maximum absolute atomic E-state index is 4.97. The van der Waals surface area contributed by atoms with Crippen LogP contribution in [0.5, 0.6) is 0 Å². The summed E-state index contributed by atoms with van der Waals surface area (Å²) in [6.45, 7) is 9.08. The summed E-state index contributed by atoms with van der Waals surface area (Å²) >= 11 is 0. The van der Waals surface area contributed by atoms with E-state index in [9.17, 15) is 0 Å². The number of methoxy groups -OCH3 is 1. The number of aryl methyl sites for hydroxylation is 2. The largest absolute Gasteiger partial charge is 0.383 e. The molecule has 18 heavy (non-hydrogen) atoms. The summed E-state index contributed by atoms with van der Waals surface area (Å²) in [5.41, 5.74) is 4.19. The van der Waals surface area contributed by atoms with Crippen molar-refractivity contribution in [2.75, 3.05) is 39.9 Å². The average molecular weight is 250 g/mol. The van der Waals surface area contributed by atoms with Crippen LogP contribution in [0.2, 0.25) is 0 Å². The van der Waals surface area contributed by atoms with E-state index in [4.69, 9.17) is 4.74 Å². The molecule has 2 N–H and O–H groups in total. The Morgan fingerprint density at radius 1 is 1.00 bits per heavy atom. The molecule has 3 nitrogen and oxygen atoms in total. The quantitative estimate of drug-likeness (QED) is 0.654. The molecule has 3 heteroatoms. The van der Waals surface area contributed by atoms with Crippen LogP contribution in [-0.4, -0.2) is 39.9 Å². The molecular formula is C15H26N2O. The molecular weight excluding hydrogens is 224 g/mol. The van der Waals surface area contributed by atoms with Crippen molar-refractivity contribution in [2.24, 2.45) is 0 Å². The number of hydrogen-bond donors (Lipinski definition) is 2. The Balaban J connectivity index is 2.09. The number of hydrogen-bond acceptors (Lipinski definition) is 3. The standard InChI is InChI=1S/C15H26N2O/c1-13-4-5-14(2)15(12-13)6-7-16-8-9-17-10-11-18-3/h4-5,12,16-17H,6-11H2,1-3H3. The Labute approximate surface area is 111 Å². The predicted molar refractivity (Wildman–Crippen MR) is 77.2 cm³/mol. The fourth-order valence-corrected chi connectivity index (χ4v) is 1.89. The maximum Gasteiger partial charge on any atom is 0.0587 e. The molecule has 0 saturated heterocycles. The summed E-state index contributed by atoms with van der Waals surface area (Å²) in [5.74, 6) is 0.